The van der Waals surface area contributed by atoms with Gasteiger partial charge in [0.2, 0.25) is 0 Å². The van der Waals surface area contributed by atoms with Crippen molar-refractivity contribution in [1.29, 1.82) is 0 Å². The van der Waals surface area contributed by atoms with Gasteiger partial charge in [-0.3, -0.25) is 0 Å². The summed E-state index contributed by atoms with van der Waals surface area (Å²) in [6, 6.07) is 0.701. The van der Waals surface area contributed by atoms with Gasteiger partial charge in [-0.25, -0.2) is 4.79 Å². The zero-order chi connectivity index (χ0) is 8.01. The summed E-state index contributed by atoms with van der Waals surface area (Å²) in [4.78, 5) is 12.8. The Kier molecular flexibility index (Phi) is 1.34. The molecule has 0 spiro atoms. The third kappa shape index (κ3) is 0.832. The maximum Gasteiger partial charge on any atom is 0.315 e. The van der Waals surface area contributed by atoms with Crippen molar-refractivity contribution in [2.75, 3.05) is 0 Å². The third-order valence-electron chi connectivity index (χ3n) is 3.10. The first-order chi connectivity index (χ1) is 5.20. The van der Waals surface area contributed by atoms with E-state index in [1.165, 1.54) is 0 Å². The van der Waals surface area contributed by atoms with E-state index in [0.29, 0.717) is 18.0 Å². The van der Waals surface area contributed by atoms with E-state index in [0.717, 1.165) is 19.3 Å². The molecular formula is C8H14N2O. The Balaban J connectivity index is 2.19. The lowest BCUT2D eigenvalue weighted by molar-refractivity contribution is 0.198. The summed E-state index contributed by atoms with van der Waals surface area (Å²) >= 11 is 0. The highest BCUT2D eigenvalue weighted by atomic mass is 16.2. The number of nitrogens with two attached hydrogens (primary N) is 1. The van der Waals surface area contributed by atoms with Crippen molar-refractivity contribution in [1.82, 2.24) is 4.90 Å². The van der Waals surface area contributed by atoms with E-state index in [2.05, 4.69) is 6.92 Å². The molecule has 2 aliphatic heterocycles. The number of amides is 2. The van der Waals surface area contributed by atoms with Crippen LogP contribution in [-0.4, -0.2) is 23.0 Å². The van der Waals surface area contributed by atoms with Crippen LogP contribution in [0.4, 0.5) is 4.79 Å². The number of hydrogen-bond donors (Lipinski definition) is 1. The molecule has 2 aliphatic rings. The fourth-order valence-corrected chi connectivity index (χ4v) is 2.63. The Morgan fingerprint density at radius 2 is 2.27 bits per heavy atom. The van der Waals surface area contributed by atoms with Crippen molar-refractivity contribution in [2.24, 2.45) is 11.7 Å². The predicted octanol–water partition coefficient (Wildman–Crippen LogP) is 0.938. The topological polar surface area (TPSA) is 46.3 Å². The fraction of sp³-hybridized carbons (Fsp3) is 0.875. The van der Waals surface area contributed by atoms with E-state index in [9.17, 15) is 4.79 Å². The number of rotatable bonds is 0. The van der Waals surface area contributed by atoms with E-state index >= 15 is 0 Å². The summed E-state index contributed by atoms with van der Waals surface area (Å²) in [6.07, 6.45) is 3.49. The first-order valence-electron chi connectivity index (χ1n) is 4.28. The second-order valence-electron chi connectivity index (χ2n) is 3.76. The molecule has 3 nitrogen and oxygen atoms in total. The third-order valence-corrected chi connectivity index (χ3v) is 3.10. The van der Waals surface area contributed by atoms with Crippen LogP contribution in [0.25, 0.3) is 0 Å². The first-order valence-corrected chi connectivity index (χ1v) is 4.28. The van der Waals surface area contributed by atoms with Gasteiger partial charge >= 0.3 is 6.03 Å². The average molecular weight is 154 g/mol. The average Bonchev–Trinajstić information content (AvgIpc) is 2.41. The summed E-state index contributed by atoms with van der Waals surface area (Å²) < 4.78 is 0. The fourth-order valence-electron chi connectivity index (χ4n) is 2.63. The Morgan fingerprint density at radius 3 is 2.55 bits per heavy atom. The lowest BCUT2D eigenvalue weighted by atomic mass is 9.91. The van der Waals surface area contributed by atoms with E-state index in [-0.39, 0.29) is 6.03 Å². The van der Waals surface area contributed by atoms with Gasteiger partial charge < -0.3 is 10.6 Å². The van der Waals surface area contributed by atoms with E-state index in [1.807, 2.05) is 4.90 Å². The van der Waals surface area contributed by atoms with Crippen LogP contribution in [-0.2, 0) is 0 Å². The van der Waals surface area contributed by atoms with E-state index in [1.54, 1.807) is 0 Å². The highest BCUT2D eigenvalue weighted by Gasteiger charge is 2.45. The minimum Gasteiger partial charge on any atom is -0.351 e. The highest BCUT2D eigenvalue weighted by Crippen LogP contribution is 2.40. The zero-order valence-electron chi connectivity index (χ0n) is 6.79. The lowest BCUT2D eigenvalue weighted by Gasteiger charge is -2.20. The Hall–Kier alpha value is -0.730. The van der Waals surface area contributed by atoms with Gasteiger partial charge in [0.25, 0.3) is 0 Å². The number of urea groups is 1. The first kappa shape index (κ1) is 6.95. The molecule has 0 aromatic rings. The molecule has 2 rings (SSSR count). The molecule has 3 unspecified atom stereocenters. The summed E-state index contributed by atoms with van der Waals surface area (Å²) in [5.41, 5.74) is 5.27. The van der Waals surface area contributed by atoms with Gasteiger partial charge in [0.15, 0.2) is 0 Å². The highest BCUT2D eigenvalue weighted by molar-refractivity contribution is 5.73. The van der Waals surface area contributed by atoms with Crippen LogP contribution >= 0.6 is 0 Å². The molecule has 11 heavy (non-hydrogen) atoms. The summed E-state index contributed by atoms with van der Waals surface area (Å²) in [5, 5.41) is 0. The van der Waals surface area contributed by atoms with E-state index in [4.69, 9.17) is 5.73 Å². The second kappa shape index (κ2) is 2.13. The number of carbonyl (C=O) groups excluding carboxylic acids is 1. The minimum atomic E-state index is -0.221. The molecule has 0 saturated carbocycles. The molecule has 0 aliphatic carbocycles. The monoisotopic (exact) mass is 154 g/mol. The molecule has 0 aromatic heterocycles. The molecule has 2 heterocycles. The molecule has 2 bridgehead atoms. The molecule has 3 atom stereocenters. The Morgan fingerprint density at radius 1 is 1.55 bits per heavy atom. The number of carbonyl (C=O) groups is 1. The van der Waals surface area contributed by atoms with Gasteiger partial charge in [0.05, 0.1) is 0 Å². The summed E-state index contributed by atoms with van der Waals surface area (Å²) in [7, 11) is 0. The quantitative estimate of drug-likeness (QED) is 0.554. The smallest absolute Gasteiger partial charge is 0.315 e. The summed E-state index contributed by atoms with van der Waals surface area (Å²) in [5.74, 6) is 0.668. The van der Waals surface area contributed by atoms with Crippen LogP contribution < -0.4 is 5.73 Å². The molecule has 2 fully saturated rings. The van der Waals surface area contributed by atoms with Crippen molar-refractivity contribution in [3.63, 3.8) is 0 Å². The molecule has 2 saturated heterocycles. The molecule has 2 amide bonds. The maximum absolute atomic E-state index is 11.0. The van der Waals surface area contributed by atoms with Gasteiger partial charge in [0, 0.05) is 12.1 Å². The molecule has 3 heteroatoms. The van der Waals surface area contributed by atoms with Gasteiger partial charge in [-0.1, -0.05) is 6.92 Å². The molecule has 62 valence electrons. The number of nitrogens with zero attached hydrogens (tertiary/aromatic N) is 1. The van der Waals surface area contributed by atoms with Gasteiger partial charge in [-0.15, -0.1) is 0 Å². The minimum absolute atomic E-state index is 0.221. The van der Waals surface area contributed by atoms with E-state index < -0.39 is 0 Å². The van der Waals surface area contributed by atoms with Gasteiger partial charge in [-0.05, 0) is 25.2 Å². The molecular weight excluding hydrogens is 140 g/mol. The Labute approximate surface area is 66.5 Å². The lowest BCUT2D eigenvalue weighted by Crippen LogP contribution is -2.40. The molecule has 0 aromatic carbocycles. The van der Waals surface area contributed by atoms with Crippen molar-refractivity contribution in [3.05, 3.63) is 0 Å². The maximum atomic E-state index is 11.0. The van der Waals surface area contributed by atoms with Crippen molar-refractivity contribution in [3.8, 4) is 0 Å². The predicted molar refractivity (Wildman–Crippen MR) is 42.0 cm³/mol. The standard InChI is InChI=1S/C8H14N2O/c1-5-4-6-2-3-7(5)10(6)8(9)11/h5-7H,2-4H2,1H3,(H2,9,11). The summed E-state index contributed by atoms with van der Waals surface area (Å²) in [6.45, 7) is 2.21. The zero-order valence-corrected chi connectivity index (χ0v) is 6.79. The number of hydrogen-bond acceptors (Lipinski definition) is 1. The largest absolute Gasteiger partial charge is 0.351 e. The SMILES string of the molecule is CC1CC2CCC1N2C(N)=O. The molecule has 2 N–H and O–H groups in total. The Bertz CT molecular complexity index is 193. The van der Waals surface area contributed by atoms with Crippen LogP contribution in [0.5, 0.6) is 0 Å². The van der Waals surface area contributed by atoms with Crippen LogP contribution in [0.1, 0.15) is 26.2 Å². The van der Waals surface area contributed by atoms with Crippen LogP contribution in [0.3, 0.4) is 0 Å². The van der Waals surface area contributed by atoms with Crippen molar-refractivity contribution in [2.45, 2.75) is 38.3 Å². The number of fused-ring (bicyclic) bond motifs is 2. The van der Waals surface area contributed by atoms with Crippen molar-refractivity contribution < 1.29 is 4.79 Å². The van der Waals surface area contributed by atoms with Crippen LogP contribution in [0, 0.1) is 5.92 Å². The molecule has 0 radical (unpaired) electrons. The number of primary amides is 1. The van der Waals surface area contributed by atoms with Gasteiger partial charge in [-0.2, -0.15) is 0 Å². The van der Waals surface area contributed by atoms with Crippen LogP contribution in [0.2, 0.25) is 0 Å². The van der Waals surface area contributed by atoms with Crippen molar-refractivity contribution >= 4 is 6.03 Å². The normalized spacial score (nSPS) is 41.5. The second-order valence-corrected chi connectivity index (χ2v) is 3.76. The van der Waals surface area contributed by atoms with Gasteiger partial charge in [0.1, 0.15) is 0 Å². The van der Waals surface area contributed by atoms with Crippen LogP contribution in [0.15, 0.2) is 0 Å².